The van der Waals surface area contributed by atoms with E-state index < -0.39 is 0 Å². The van der Waals surface area contributed by atoms with Gasteiger partial charge in [-0.25, -0.2) is 0 Å². The van der Waals surface area contributed by atoms with E-state index >= 15 is 0 Å². The number of aryl methyl sites for hydroxylation is 1. The van der Waals surface area contributed by atoms with Gasteiger partial charge in [-0.2, -0.15) is 5.10 Å². The molecule has 0 N–H and O–H groups in total. The van der Waals surface area contributed by atoms with Crippen molar-refractivity contribution in [3.05, 3.63) is 39.5 Å². The first-order valence-corrected chi connectivity index (χ1v) is 5.81. The average molecular weight is 304 g/mol. The van der Waals surface area contributed by atoms with Crippen LogP contribution in [0.25, 0.3) is 0 Å². The van der Waals surface area contributed by atoms with Gasteiger partial charge in [-0.3, -0.25) is 9.48 Å². The lowest BCUT2D eigenvalue weighted by molar-refractivity contribution is 0.102. The molecule has 0 saturated carbocycles. The second-order valence-electron chi connectivity index (χ2n) is 3.09. The summed E-state index contributed by atoms with van der Waals surface area (Å²) in [6, 6.07) is 1.55. The second-order valence-corrected chi connectivity index (χ2v) is 4.29. The largest absolute Gasteiger partial charge is 0.452 e. The van der Waals surface area contributed by atoms with Gasteiger partial charge in [0.25, 0.3) is 0 Å². The Kier molecular flexibility index (Phi) is 3.16. The van der Waals surface area contributed by atoms with E-state index in [2.05, 4.69) is 21.0 Å². The van der Waals surface area contributed by atoms with Crippen molar-refractivity contribution < 1.29 is 9.21 Å². The number of halogens is 2. The van der Waals surface area contributed by atoms with Crippen LogP contribution in [0.15, 0.2) is 27.4 Å². The van der Waals surface area contributed by atoms with Gasteiger partial charge in [0.1, 0.15) is 5.69 Å². The summed E-state index contributed by atoms with van der Waals surface area (Å²) < 4.78 is 7.15. The molecule has 0 bridgehead atoms. The molecule has 84 valence electrons. The van der Waals surface area contributed by atoms with Crippen molar-refractivity contribution in [2.24, 2.45) is 0 Å². The quantitative estimate of drug-likeness (QED) is 0.818. The lowest BCUT2D eigenvalue weighted by Gasteiger charge is -2.03. The summed E-state index contributed by atoms with van der Waals surface area (Å²) in [6.45, 7) is 2.52. The highest BCUT2D eigenvalue weighted by atomic mass is 79.9. The Morgan fingerprint density at radius 1 is 1.69 bits per heavy atom. The van der Waals surface area contributed by atoms with Crippen molar-refractivity contribution in [3.63, 3.8) is 0 Å². The van der Waals surface area contributed by atoms with Gasteiger partial charge in [0.05, 0.1) is 22.5 Å². The molecule has 0 spiro atoms. The molecule has 2 aromatic heterocycles. The summed E-state index contributed by atoms with van der Waals surface area (Å²) in [6.07, 6.45) is 2.97. The fourth-order valence-corrected chi connectivity index (χ4v) is 2.09. The molecule has 0 fully saturated rings. The summed E-state index contributed by atoms with van der Waals surface area (Å²) >= 11 is 9.06. The van der Waals surface area contributed by atoms with Gasteiger partial charge in [-0.1, -0.05) is 0 Å². The number of rotatable bonds is 3. The molecule has 0 aromatic carbocycles. The van der Waals surface area contributed by atoms with Crippen molar-refractivity contribution in [3.8, 4) is 0 Å². The molecule has 0 saturated heterocycles. The van der Waals surface area contributed by atoms with Crippen LogP contribution >= 0.6 is 27.5 Å². The highest BCUT2D eigenvalue weighted by Gasteiger charge is 2.21. The molecular formula is C10H8BrClN2O2. The van der Waals surface area contributed by atoms with Crippen LogP contribution in [0.3, 0.4) is 0 Å². The summed E-state index contributed by atoms with van der Waals surface area (Å²) in [5, 5.41) is 4.17. The molecule has 0 aliphatic heterocycles. The number of aromatic nitrogens is 2. The van der Waals surface area contributed by atoms with Crippen LogP contribution in [0.4, 0.5) is 0 Å². The van der Waals surface area contributed by atoms with E-state index in [9.17, 15) is 4.79 Å². The van der Waals surface area contributed by atoms with Crippen LogP contribution < -0.4 is 0 Å². The van der Waals surface area contributed by atoms with Crippen LogP contribution in [-0.4, -0.2) is 15.6 Å². The monoisotopic (exact) mass is 302 g/mol. The minimum absolute atomic E-state index is 0.0979. The van der Waals surface area contributed by atoms with E-state index in [0.717, 1.165) is 0 Å². The van der Waals surface area contributed by atoms with Gasteiger partial charge in [0.15, 0.2) is 0 Å². The minimum atomic E-state index is -0.204. The third-order valence-electron chi connectivity index (χ3n) is 2.17. The van der Waals surface area contributed by atoms with Crippen molar-refractivity contribution in [2.75, 3.05) is 0 Å². The summed E-state index contributed by atoms with van der Waals surface area (Å²) in [4.78, 5) is 12.2. The lowest BCUT2D eigenvalue weighted by atomic mass is 10.1. The lowest BCUT2D eigenvalue weighted by Crippen LogP contribution is -2.10. The normalized spacial score (nSPS) is 10.7. The number of carbonyl (C=O) groups excluding carboxylic acids is 1. The maximum atomic E-state index is 12.2. The predicted octanol–water partition coefficient (Wildman–Crippen LogP) is 3.14. The number of ketones is 1. The van der Waals surface area contributed by atoms with Crippen LogP contribution in [0.5, 0.6) is 0 Å². The van der Waals surface area contributed by atoms with Crippen LogP contribution in [0, 0.1) is 0 Å². The third-order valence-corrected chi connectivity index (χ3v) is 3.05. The van der Waals surface area contributed by atoms with Crippen molar-refractivity contribution in [1.29, 1.82) is 0 Å². The van der Waals surface area contributed by atoms with Crippen molar-refractivity contribution in [2.45, 2.75) is 13.5 Å². The Morgan fingerprint density at radius 3 is 3.00 bits per heavy atom. The van der Waals surface area contributed by atoms with E-state index in [4.69, 9.17) is 16.0 Å². The maximum Gasteiger partial charge on any atom is 0.217 e. The van der Waals surface area contributed by atoms with Crippen LogP contribution in [0.1, 0.15) is 23.0 Å². The Labute approximate surface area is 105 Å². The van der Waals surface area contributed by atoms with E-state index in [1.807, 2.05) is 6.92 Å². The zero-order valence-electron chi connectivity index (χ0n) is 8.41. The first kappa shape index (κ1) is 11.4. The summed E-state index contributed by atoms with van der Waals surface area (Å²) in [7, 11) is 0. The SMILES string of the molecule is CCn1ncc(Br)c1C(=O)c1ccoc1Cl. The zero-order valence-corrected chi connectivity index (χ0v) is 10.7. The first-order chi connectivity index (χ1) is 7.65. The highest BCUT2D eigenvalue weighted by Crippen LogP contribution is 2.24. The Bertz CT molecular complexity index is 533. The number of hydrogen-bond donors (Lipinski definition) is 0. The van der Waals surface area contributed by atoms with E-state index in [0.29, 0.717) is 22.3 Å². The van der Waals surface area contributed by atoms with Crippen LogP contribution in [0.2, 0.25) is 5.22 Å². The Morgan fingerprint density at radius 2 is 2.44 bits per heavy atom. The number of hydrogen-bond acceptors (Lipinski definition) is 3. The molecule has 2 rings (SSSR count). The third kappa shape index (κ3) is 1.81. The van der Waals surface area contributed by atoms with Gasteiger partial charge in [-0.15, -0.1) is 0 Å². The highest BCUT2D eigenvalue weighted by molar-refractivity contribution is 9.10. The first-order valence-electron chi connectivity index (χ1n) is 4.64. The summed E-state index contributed by atoms with van der Waals surface area (Å²) in [5.41, 5.74) is 0.823. The standard InChI is InChI=1S/C10H8BrClN2O2/c1-2-14-8(7(11)5-13-14)9(15)6-3-4-16-10(6)12/h3-5H,2H2,1H3. The van der Waals surface area contributed by atoms with Gasteiger partial charge in [0.2, 0.25) is 11.0 Å². The molecule has 2 aromatic rings. The average Bonchev–Trinajstić information content (AvgIpc) is 2.83. The van der Waals surface area contributed by atoms with E-state index in [-0.39, 0.29) is 11.0 Å². The van der Waals surface area contributed by atoms with Crippen molar-refractivity contribution >= 4 is 33.3 Å². The second kappa shape index (κ2) is 4.43. The molecule has 6 heteroatoms. The van der Waals surface area contributed by atoms with Gasteiger partial charge >= 0.3 is 0 Å². The Hall–Kier alpha value is -1.07. The zero-order chi connectivity index (χ0) is 11.7. The number of carbonyl (C=O) groups is 1. The molecule has 4 nitrogen and oxygen atoms in total. The number of furan rings is 1. The summed E-state index contributed by atoms with van der Waals surface area (Å²) in [5.74, 6) is -0.204. The van der Waals surface area contributed by atoms with Gasteiger partial charge in [-0.05, 0) is 40.5 Å². The molecule has 2 heterocycles. The molecule has 0 unspecified atom stereocenters. The van der Waals surface area contributed by atoms with Crippen LogP contribution in [-0.2, 0) is 6.54 Å². The molecular weight excluding hydrogens is 295 g/mol. The topological polar surface area (TPSA) is 48.0 Å². The van der Waals surface area contributed by atoms with E-state index in [1.54, 1.807) is 16.9 Å². The molecule has 16 heavy (non-hydrogen) atoms. The molecule has 0 radical (unpaired) electrons. The molecule has 0 amide bonds. The maximum absolute atomic E-state index is 12.2. The fourth-order valence-electron chi connectivity index (χ4n) is 1.41. The smallest absolute Gasteiger partial charge is 0.217 e. The molecule has 0 aliphatic rings. The molecule has 0 atom stereocenters. The van der Waals surface area contributed by atoms with Gasteiger partial charge in [0, 0.05) is 6.54 Å². The Balaban J connectivity index is 2.49. The minimum Gasteiger partial charge on any atom is -0.452 e. The number of nitrogens with zero attached hydrogens (tertiary/aromatic N) is 2. The van der Waals surface area contributed by atoms with Gasteiger partial charge < -0.3 is 4.42 Å². The fraction of sp³-hybridized carbons (Fsp3) is 0.200. The van der Waals surface area contributed by atoms with Crippen molar-refractivity contribution in [1.82, 2.24) is 9.78 Å². The molecule has 0 aliphatic carbocycles. The predicted molar refractivity (Wildman–Crippen MR) is 62.8 cm³/mol. The van der Waals surface area contributed by atoms with E-state index in [1.165, 1.54) is 6.26 Å².